The number of benzene rings is 3. The normalized spacial score (nSPS) is 12.2. The molecule has 0 radical (unpaired) electrons. The summed E-state index contributed by atoms with van der Waals surface area (Å²) in [6.07, 6.45) is 0. The molecule has 1 aliphatic rings. The zero-order valence-electron chi connectivity index (χ0n) is 14.1. The quantitative estimate of drug-likeness (QED) is 0.386. The third kappa shape index (κ3) is 2.19. The van der Waals surface area contributed by atoms with E-state index in [0.29, 0.717) is 0 Å². The third-order valence-corrected chi connectivity index (χ3v) is 5.81. The monoisotopic (exact) mass is 343 g/mol. The molecule has 0 saturated heterocycles. The second-order valence-corrected chi connectivity index (χ2v) is 7.45. The molecule has 5 rings (SSSR count). The zero-order valence-corrected chi connectivity index (χ0v) is 14.9. The van der Waals surface area contributed by atoms with Crippen LogP contribution in [0, 0.1) is 6.92 Å². The molecule has 25 heavy (non-hydrogen) atoms. The molecular formula is C22H17NOS. The van der Waals surface area contributed by atoms with Crippen molar-refractivity contribution in [3.8, 4) is 22.7 Å². The van der Waals surface area contributed by atoms with E-state index >= 15 is 0 Å². The lowest BCUT2D eigenvalue weighted by Crippen LogP contribution is -2.03. The highest BCUT2D eigenvalue weighted by atomic mass is 32.2. The van der Waals surface area contributed by atoms with Crippen molar-refractivity contribution in [3.63, 3.8) is 0 Å². The maximum absolute atomic E-state index is 5.31. The van der Waals surface area contributed by atoms with Crippen molar-refractivity contribution in [2.45, 2.75) is 16.7 Å². The summed E-state index contributed by atoms with van der Waals surface area (Å²) in [4.78, 5) is 2.63. The van der Waals surface area contributed by atoms with Crippen LogP contribution in [0.25, 0.3) is 27.8 Å². The van der Waals surface area contributed by atoms with Gasteiger partial charge in [-0.3, -0.25) is 0 Å². The molecule has 0 bridgehead atoms. The maximum atomic E-state index is 5.31. The van der Waals surface area contributed by atoms with Gasteiger partial charge in [-0.25, -0.2) is 0 Å². The summed E-state index contributed by atoms with van der Waals surface area (Å²) in [7, 11) is 1.70. The average molecular weight is 343 g/mol. The number of fused-ring (bicyclic) bond motifs is 2. The molecule has 0 saturated carbocycles. The number of rotatable bonds is 2. The van der Waals surface area contributed by atoms with Crippen molar-refractivity contribution in [2.24, 2.45) is 0 Å². The van der Waals surface area contributed by atoms with Crippen molar-refractivity contribution < 1.29 is 4.74 Å². The molecule has 0 spiro atoms. The fourth-order valence-corrected chi connectivity index (χ4v) is 4.80. The number of aromatic nitrogens is 1. The lowest BCUT2D eigenvalue weighted by Gasteiger charge is -2.21. The standard InChI is InChI=1S/C22H17NOS/c1-14-11-16-13-19(15-7-9-17(24-2)10-8-15)23-18-5-3-4-6-20(18)25-21(12-14)22(16)23/h3-13H,1-2H3. The first-order valence-corrected chi connectivity index (χ1v) is 9.14. The summed E-state index contributed by atoms with van der Waals surface area (Å²) in [5.41, 5.74) is 6.28. The SMILES string of the molecule is COc1ccc(-c2cc3cc(C)cc4c3n2-c2ccccc2S4)cc1. The summed E-state index contributed by atoms with van der Waals surface area (Å²) in [6, 6.07) is 23.8. The summed E-state index contributed by atoms with van der Waals surface area (Å²) in [6.45, 7) is 2.17. The van der Waals surface area contributed by atoms with E-state index in [2.05, 4.69) is 66.1 Å². The molecule has 2 nitrogen and oxygen atoms in total. The highest BCUT2D eigenvalue weighted by molar-refractivity contribution is 7.99. The summed E-state index contributed by atoms with van der Waals surface area (Å²) in [5.74, 6) is 0.881. The van der Waals surface area contributed by atoms with Crippen molar-refractivity contribution in [3.05, 3.63) is 72.3 Å². The van der Waals surface area contributed by atoms with Gasteiger partial charge in [-0.15, -0.1) is 0 Å². The average Bonchev–Trinajstić information content (AvgIpc) is 3.02. The summed E-state index contributed by atoms with van der Waals surface area (Å²) >= 11 is 1.86. The maximum Gasteiger partial charge on any atom is 0.118 e. The van der Waals surface area contributed by atoms with E-state index in [1.165, 1.54) is 43.2 Å². The van der Waals surface area contributed by atoms with E-state index in [0.717, 1.165) is 5.75 Å². The van der Waals surface area contributed by atoms with Gasteiger partial charge >= 0.3 is 0 Å². The second kappa shape index (κ2) is 5.43. The predicted molar refractivity (Wildman–Crippen MR) is 104 cm³/mol. The minimum Gasteiger partial charge on any atom is -0.497 e. The second-order valence-electron chi connectivity index (χ2n) is 6.36. The van der Waals surface area contributed by atoms with Crippen LogP contribution in [-0.2, 0) is 0 Å². The van der Waals surface area contributed by atoms with Gasteiger partial charge in [0.15, 0.2) is 0 Å². The van der Waals surface area contributed by atoms with Gasteiger partial charge in [0.25, 0.3) is 0 Å². The molecule has 0 amide bonds. The molecule has 3 heteroatoms. The molecule has 0 N–H and O–H groups in total. The number of ether oxygens (including phenoxy) is 1. The molecule has 0 unspecified atom stereocenters. The topological polar surface area (TPSA) is 14.2 Å². The van der Waals surface area contributed by atoms with Gasteiger partial charge in [-0.1, -0.05) is 23.9 Å². The van der Waals surface area contributed by atoms with Crippen LogP contribution in [0.3, 0.4) is 0 Å². The smallest absolute Gasteiger partial charge is 0.118 e. The van der Waals surface area contributed by atoms with E-state index in [-0.39, 0.29) is 0 Å². The molecular weight excluding hydrogens is 326 g/mol. The third-order valence-electron chi connectivity index (χ3n) is 4.72. The van der Waals surface area contributed by atoms with Crippen molar-refractivity contribution in [1.29, 1.82) is 0 Å². The highest BCUT2D eigenvalue weighted by Gasteiger charge is 2.22. The number of para-hydroxylation sites is 1. The molecule has 1 aliphatic heterocycles. The number of hydrogen-bond acceptors (Lipinski definition) is 2. The van der Waals surface area contributed by atoms with Gasteiger partial charge in [0.05, 0.1) is 24.0 Å². The zero-order chi connectivity index (χ0) is 17.0. The van der Waals surface area contributed by atoms with Gasteiger partial charge < -0.3 is 9.30 Å². The Bertz CT molecular complexity index is 1110. The van der Waals surface area contributed by atoms with Crippen molar-refractivity contribution in [2.75, 3.05) is 7.11 Å². The Hall–Kier alpha value is -2.65. The first kappa shape index (κ1) is 14.7. The van der Waals surface area contributed by atoms with E-state index in [1.807, 2.05) is 23.9 Å². The van der Waals surface area contributed by atoms with Crippen LogP contribution < -0.4 is 4.74 Å². The Labute approximate surface area is 151 Å². The van der Waals surface area contributed by atoms with E-state index in [4.69, 9.17) is 4.74 Å². The fourth-order valence-electron chi connectivity index (χ4n) is 3.60. The first-order valence-electron chi connectivity index (χ1n) is 8.32. The van der Waals surface area contributed by atoms with Crippen LogP contribution in [0.15, 0.2) is 76.5 Å². The number of aryl methyl sites for hydroxylation is 1. The molecule has 0 aliphatic carbocycles. The van der Waals surface area contributed by atoms with Gasteiger partial charge in [-0.2, -0.15) is 0 Å². The predicted octanol–water partition coefficient (Wildman–Crippen LogP) is 6.08. The Morgan fingerprint density at radius 3 is 2.48 bits per heavy atom. The lowest BCUT2D eigenvalue weighted by atomic mass is 10.1. The minimum atomic E-state index is 0.881. The molecule has 1 aromatic heterocycles. The molecule has 2 heterocycles. The van der Waals surface area contributed by atoms with Gasteiger partial charge in [0.2, 0.25) is 0 Å². The van der Waals surface area contributed by atoms with Crippen LogP contribution in [0.4, 0.5) is 0 Å². The van der Waals surface area contributed by atoms with Gasteiger partial charge in [0.1, 0.15) is 5.75 Å². The van der Waals surface area contributed by atoms with Crippen LogP contribution >= 0.6 is 11.8 Å². The molecule has 122 valence electrons. The minimum absolute atomic E-state index is 0.881. The molecule has 0 fully saturated rings. The van der Waals surface area contributed by atoms with Crippen LogP contribution in [0.2, 0.25) is 0 Å². The number of methoxy groups -OCH3 is 1. The Morgan fingerprint density at radius 1 is 0.880 bits per heavy atom. The van der Waals surface area contributed by atoms with E-state index < -0.39 is 0 Å². The summed E-state index contributed by atoms with van der Waals surface area (Å²) in [5, 5.41) is 1.29. The number of nitrogens with zero attached hydrogens (tertiary/aromatic N) is 1. The van der Waals surface area contributed by atoms with Crippen molar-refractivity contribution in [1.82, 2.24) is 4.57 Å². The molecule has 3 aromatic carbocycles. The van der Waals surface area contributed by atoms with Gasteiger partial charge in [0, 0.05) is 15.2 Å². The summed E-state index contributed by atoms with van der Waals surface area (Å²) < 4.78 is 7.71. The molecule has 4 aromatic rings. The first-order chi connectivity index (χ1) is 12.2. The van der Waals surface area contributed by atoms with Gasteiger partial charge in [-0.05, 0) is 72.6 Å². The van der Waals surface area contributed by atoms with Crippen LogP contribution in [0.5, 0.6) is 5.75 Å². The Balaban J connectivity index is 1.86. The van der Waals surface area contributed by atoms with E-state index in [1.54, 1.807) is 7.11 Å². The molecule has 0 atom stereocenters. The Kier molecular flexibility index (Phi) is 3.19. The fraction of sp³-hybridized carbons (Fsp3) is 0.0909. The Morgan fingerprint density at radius 2 is 1.68 bits per heavy atom. The highest BCUT2D eigenvalue weighted by Crippen LogP contribution is 2.46. The van der Waals surface area contributed by atoms with Crippen LogP contribution in [-0.4, -0.2) is 11.7 Å². The van der Waals surface area contributed by atoms with Crippen molar-refractivity contribution >= 4 is 22.7 Å². The number of hydrogen-bond donors (Lipinski definition) is 0. The van der Waals surface area contributed by atoms with Crippen LogP contribution in [0.1, 0.15) is 5.56 Å². The largest absolute Gasteiger partial charge is 0.497 e. The lowest BCUT2D eigenvalue weighted by molar-refractivity contribution is 0.415. The van der Waals surface area contributed by atoms with E-state index in [9.17, 15) is 0 Å².